The van der Waals surface area contributed by atoms with Gasteiger partial charge >= 0.3 is 0 Å². The van der Waals surface area contributed by atoms with Gasteiger partial charge in [-0.15, -0.1) is 0 Å². The summed E-state index contributed by atoms with van der Waals surface area (Å²) in [7, 11) is 3.42. The number of nitrogens with zero attached hydrogens (tertiary/aromatic N) is 1. The zero-order valence-electron chi connectivity index (χ0n) is 16.8. The Morgan fingerprint density at radius 2 is 1.50 bits per heavy atom. The summed E-state index contributed by atoms with van der Waals surface area (Å²) in [4.78, 5) is 2.68. The second-order valence-electron chi connectivity index (χ2n) is 7.84. The summed E-state index contributed by atoms with van der Waals surface area (Å²) in [6.45, 7) is 3.68. The van der Waals surface area contributed by atoms with Gasteiger partial charge in [-0.1, -0.05) is 13.3 Å². The maximum atomic E-state index is 5.68. The van der Waals surface area contributed by atoms with Crippen LogP contribution in [0.2, 0.25) is 0 Å². The van der Waals surface area contributed by atoms with E-state index in [1.165, 1.54) is 35.1 Å². The van der Waals surface area contributed by atoms with Crippen molar-refractivity contribution in [2.45, 2.75) is 44.7 Å². The van der Waals surface area contributed by atoms with Crippen molar-refractivity contribution in [3.63, 3.8) is 0 Å². The third-order valence-corrected chi connectivity index (χ3v) is 6.39. The molecule has 5 heteroatoms. The number of hydrogen-bond acceptors (Lipinski definition) is 5. The molecule has 0 spiro atoms. The van der Waals surface area contributed by atoms with E-state index in [0.29, 0.717) is 18.9 Å². The first-order valence-electron chi connectivity index (χ1n) is 10.2. The third-order valence-electron chi connectivity index (χ3n) is 6.39. The highest BCUT2D eigenvalue weighted by atomic mass is 16.7. The van der Waals surface area contributed by atoms with Gasteiger partial charge in [-0.25, -0.2) is 0 Å². The Hall–Kier alpha value is -2.40. The molecule has 2 aromatic carbocycles. The van der Waals surface area contributed by atoms with Crippen molar-refractivity contribution in [3.05, 3.63) is 46.5 Å². The van der Waals surface area contributed by atoms with Crippen LogP contribution >= 0.6 is 0 Å². The van der Waals surface area contributed by atoms with E-state index in [2.05, 4.69) is 36.1 Å². The Balaban J connectivity index is 1.62. The predicted molar refractivity (Wildman–Crippen MR) is 107 cm³/mol. The van der Waals surface area contributed by atoms with E-state index >= 15 is 0 Å². The van der Waals surface area contributed by atoms with Crippen molar-refractivity contribution in [3.8, 4) is 23.0 Å². The number of rotatable bonds is 5. The highest BCUT2D eigenvalue weighted by molar-refractivity contribution is 5.56. The lowest BCUT2D eigenvalue weighted by atomic mass is 9.76. The molecule has 0 aliphatic carbocycles. The normalized spacial score (nSPS) is 21.8. The SMILES string of the molecule is CCCCN1[C@H]2Cc3cc4c(cc3[C@@H]1Cc1cc(OC)c(OC)cc12)OCO4. The molecule has 0 aromatic heterocycles. The maximum Gasteiger partial charge on any atom is 0.231 e. The Morgan fingerprint density at radius 3 is 2.18 bits per heavy atom. The van der Waals surface area contributed by atoms with Crippen LogP contribution in [-0.4, -0.2) is 32.5 Å². The Kier molecular flexibility index (Phi) is 4.35. The number of fused-ring (bicyclic) bond motifs is 7. The molecule has 2 aromatic rings. The molecule has 0 N–H and O–H groups in total. The lowest BCUT2D eigenvalue weighted by molar-refractivity contribution is 0.0990. The van der Waals surface area contributed by atoms with Crippen molar-refractivity contribution in [2.75, 3.05) is 27.6 Å². The van der Waals surface area contributed by atoms with Crippen LogP contribution in [0.5, 0.6) is 23.0 Å². The van der Waals surface area contributed by atoms with Crippen LogP contribution in [0.3, 0.4) is 0 Å². The monoisotopic (exact) mass is 381 g/mol. The van der Waals surface area contributed by atoms with Gasteiger partial charge in [0, 0.05) is 12.1 Å². The minimum absolute atomic E-state index is 0.320. The van der Waals surface area contributed by atoms with E-state index in [1.54, 1.807) is 14.2 Å². The molecule has 28 heavy (non-hydrogen) atoms. The lowest BCUT2D eigenvalue weighted by Gasteiger charge is -2.48. The number of methoxy groups -OCH3 is 2. The summed E-state index contributed by atoms with van der Waals surface area (Å²) in [5, 5.41) is 0. The lowest BCUT2D eigenvalue weighted by Crippen LogP contribution is -2.43. The first kappa shape index (κ1) is 17.7. The molecule has 0 unspecified atom stereocenters. The van der Waals surface area contributed by atoms with E-state index < -0.39 is 0 Å². The fraction of sp³-hybridized carbons (Fsp3) is 0.478. The number of hydrogen-bond donors (Lipinski definition) is 0. The first-order valence-corrected chi connectivity index (χ1v) is 10.2. The highest BCUT2D eigenvalue weighted by Crippen LogP contribution is 2.51. The van der Waals surface area contributed by atoms with Gasteiger partial charge in [-0.05, 0) is 72.3 Å². The quantitative estimate of drug-likeness (QED) is 0.766. The molecule has 0 amide bonds. The van der Waals surface area contributed by atoms with E-state index in [0.717, 1.165) is 42.4 Å². The zero-order chi connectivity index (χ0) is 19.3. The molecule has 0 radical (unpaired) electrons. The van der Waals surface area contributed by atoms with Crippen molar-refractivity contribution >= 4 is 0 Å². The predicted octanol–water partition coefficient (Wildman–Crippen LogP) is 4.43. The van der Waals surface area contributed by atoms with Gasteiger partial charge < -0.3 is 18.9 Å². The summed E-state index contributed by atoms with van der Waals surface area (Å²) >= 11 is 0. The molecule has 148 valence electrons. The van der Waals surface area contributed by atoms with Gasteiger partial charge in [0.2, 0.25) is 6.79 Å². The number of unbranched alkanes of at least 4 members (excludes halogenated alkanes) is 1. The topological polar surface area (TPSA) is 40.2 Å². The van der Waals surface area contributed by atoms with Gasteiger partial charge in [0.25, 0.3) is 0 Å². The smallest absolute Gasteiger partial charge is 0.231 e. The molecule has 3 aliphatic heterocycles. The van der Waals surface area contributed by atoms with Gasteiger partial charge in [0.05, 0.1) is 14.2 Å². The maximum absolute atomic E-state index is 5.68. The molecule has 5 rings (SSSR count). The number of benzene rings is 2. The van der Waals surface area contributed by atoms with Crippen LogP contribution < -0.4 is 18.9 Å². The second kappa shape index (κ2) is 6.89. The zero-order valence-corrected chi connectivity index (χ0v) is 16.8. The molecule has 2 bridgehead atoms. The van der Waals surface area contributed by atoms with Crippen LogP contribution in [0, 0.1) is 0 Å². The average molecular weight is 381 g/mol. The fourth-order valence-corrected chi connectivity index (χ4v) is 5.01. The molecule has 5 nitrogen and oxygen atoms in total. The molecule has 0 saturated carbocycles. The van der Waals surface area contributed by atoms with E-state index in [4.69, 9.17) is 18.9 Å². The van der Waals surface area contributed by atoms with Crippen molar-refractivity contribution in [2.24, 2.45) is 0 Å². The van der Waals surface area contributed by atoms with Crippen molar-refractivity contribution in [1.29, 1.82) is 0 Å². The second-order valence-corrected chi connectivity index (χ2v) is 7.84. The van der Waals surface area contributed by atoms with Crippen LogP contribution in [0.4, 0.5) is 0 Å². The molecular formula is C23H27NO4. The largest absolute Gasteiger partial charge is 0.493 e. The van der Waals surface area contributed by atoms with Crippen molar-refractivity contribution in [1.82, 2.24) is 4.90 Å². The van der Waals surface area contributed by atoms with Gasteiger partial charge in [0.15, 0.2) is 23.0 Å². The summed E-state index contributed by atoms with van der Waals surface area (Å²) in [5.41, 5.74) is 5.50. The molecular weight excluding hydrogens is 354 g/mol. The summed E-state index contributed by atoms with van der Waals surface area (Å²) in [6, 6.07) is 9.48. The molecule has 3 aliphatic rings. The highest BCUT2D eigenvalue weighted by Gasteiger charge is 2.41. The Bertz CT molecular complexity index is 910. The average Bonchev–Trinajstić information content (AvgIpc) is 3.17. The van der Waals surface area contributed by atoms with Crippen LogP contribution in [-0.2, 0) is 12.8 Å². The van der Waals surface area contributed by atoms with Gasteiger partial charge in [0.1, 0.15) is 0 Å². The minimum Gasteiger partial charge on any atom is -0.493 e. The molecule has 0 fully saturated rings. The molecule has 2 atom stereocenters. The van der Waals surface area contributed by atoms with Crippen LogP contribution in [0.15, 0.2) is 24.3 Å². The molecule has 0 saturated heterocycles. The number of ether oxygens (including phenoxy) is 4. The fourth-order valence-electron chi connectivity index (χ4n) is 5.01. The third kappa shape index (κ3) is 2.64. The van der Waals surface area contributed by atoms with Crippen LogP contribution in [0.25, 0.3) is 0 Å². The summed E-state index contributed by atoms with van der Waals surface area (Å²) in [6.07, 6.45) is 4.36. The molecule has 3 heterocycles. The Morgan fingerprint density at radius 1 is 0.893 bits per heavy atom. The Labute approximate surface area is 166 Å². The summed E-state index contributed by atoms with van der Waals surface area (Å²) < 4.78 is 22.5. The standard InChI is InChI=1S/C23H27NO4/c1-4-5-6-24-18-8-15-10-22-23(28-13-27-22)12-17(15)19(24)7-14-9-20(25-2)21(26-3)11-16(14)18/h9-12,18-19H,4-8,13H2,1-3H3/t18-,19-/m0/s1. The van der Waals surface area contributed by atoms with Gasteiger partial charge in [-0.2, -0.15) is 0 Å². The first-order chi connectivity index (χ1) is 13.7. The minimum atomic E-state index is 0.320. The van der Waals surface area contributed by atoms with E-state index in [1.807, 2.05) is 0 Å². The van der Waals surface area contributed by atoms with E-state index in [9.17, 15) is 0 Å². The van der Waals surface area contributed by atoms with Gasteiger partial charge in [-0.3, -0.25) is 4.90 Å². The van der Waals surface area contributed by atoms with Crippen LogP contribution in [0.1, 0.15) is 54.1 Å². The van der Waals surface area contributed by atoms with E-state index in [-0.39, 0.29) is 0 Å². The summed E-state index contributed by atoms with van der Waals surface area (Å²) in [5.74, 6) is 3.39. The van der Waals surface area contributed by atoms with Crippen molar-refractivity contribution < 1.29 is 18.9 Å².